The van der Waals surface area contributed by atoms with Crippen LogP contribution < -0.4 is 15.5 Å². The van der Waals surface area contributed by atoms with Gasteiger partial charge in [0.2, 0.25) is 11.9 Å². The molecular formula is C31H28F3N7O2. The van der Waals surface area contributed by atoms with Crippen LogP contribution in [0.15, 0.2) is 55.1 Å². The number of fused-ring (bicyclic) bond motifs is 2. The summed E-state index contributed by atoms with van der Waals surface area (Å²) in [5.41, 5.74) is 2.42. The van der Waals surface area contributed by atoms with E-state index < -0.39 is 23.1 Å². The van der Waals surface area contributed by atoms with Crippen LogP contribution in [0.4, 0.5) is 30.5 Å². The minimum absolute atomic E-state index is 0.0548. The van der Waals surface area contributed by atoms with Crippen molar-refractivity contribution in [1.82, 2.24) is 19.5 Å². The second kappa shape index (κ2) is 9.65. The average Bonchev–Trinajstić information content (AvgIpc) is 3.91. The number of halogens is 3. The molecule has 1 aliphatic heterocycles. The number of nitrogens with one attached hydrogen (secondary N) is 2. The van der Waals surface area contributed by atoms with Gasteiger partial charge in [-0.15, -0.1) is 0 Å². The second-order valence-corrected chi connectivity index (χ2v) is 11.6. The molecule has 0 atom stereocenters. The molecule has 1 spiro atoms. The molecule has 0 radical (unpaired) electrons. The lowest BCUT2D eigenvalue weighted by molar-refractivity contribution is -0.137. The minimum atomic E-state index is -4.65. The predicted molar refractivity (Wildman–Crippen MR) is 153 cm³/mol. The summed E-state index contributed by atoms with van der Waals surface area (Å²) in [5, 5.41) is 6.04. The van der Waals surface area contributed by atoms with Gasteiger partial charge in [0.05, 0.1) is 35.2 Å². The monoisotopic (exact) mass is 587 g/mol. The van der Waals surface area contributed by atoms with Gasteiger partial charge in [-0.1, -0.05) is 6.07 Å². The smallest absolute Gasteiger partial charge is 0.351 e. The van der Waals surface area contributed by atoms with Crippen LogP contribution in [-0.2, 0) is 22.9 Å². The van der Waals surface area contributed by atoms with Crippen LogP contribution >= 0.6 is 0 Å². The van der Waals surface area contributed by atoms with E-state index in [1.54, 1.807) is 42.4 Å². The molecule has 0 saturated heterocycles. The van der Waals surface area contributed by atoms with Crippen LogP contribution in [0.25, 0.3) is 5.69 Å². The van der Waals surface area contributed by atoms with E-state index in [1.165, 1.54) is 17.0 Å². The molecule has 3 heterocycles. The minimum Gasteiger partial charge on any atom is -0.351 e. The molecule has 220 valence electrons. The zero-order valence-electron chi connectivity index (χ0n) is 23.5. The van der Waals surface area contributed by atoms with Crippen LogP contribution in [0.3, 0.4) is 0 Å². The van der Waals surface area contributed by atoms with Gasteiger partial charge in [0.1, 0.15) is 0 Å². The fraction of sp³-hybridized carbons (Fsp3) is 0.323. The first-order valence-electron chi connectivity index (χ1n) is 14.1. The van der Waals surface area contributed by atoms with Gasteiger partial charge >= 0.3 is 6.18 Å². The van der Waals surface area contributed by atoms with Crippen molar-refractivity contribution < 1.29 is 22.8 Å². The topological polar surface area (TPSA) is 105 Å². The van der Waals surface area contributed by atoms with Gasteiger partial charge in [-0.3, -0.25) is 9.59 Å². The Kier molecular flexibility index (Phi) is 6.08. The molecule has 2 amide bonds. The predicted octanol–water partition coefficient (Wildman–Crippen LogP) is 5.70. The maximum atomic E-state index is 13.9. The Balaban J connectivity index is 1.18. The third-order valence-electron chi connectivity index (χ3n) is 8.24. The lowest BCUT2D eigenvalue weighted by atomic mass is 9.91. The first-order valence-corrected chi connectivity index (χ1v) is 14.1. The fourth-order valence-electron chi connectivity index (χ4n) is 5.59. The van der Waals surface area contributed by atoms with Crippen molar-refractivity contribution >= 4 is 29.1 Å². The molecule has 2 aromatic heterocycles. The van der Waals surface area contributed by atoms with E-state index in [1.807, 2.05) is 6.92 Å². The number of aromatic nitrogens is 4. The zero-order chi connectivity index (χ0) is 30.1. The largest absolute Gasteiger partial charge is 0.416 e. The average molecular weight is 588 g/mol. The molecule has 0 unspecified atom stereocenters. The lowest BCUT2D eigenvalue weighted by Gasteiger charge is -2.34. The summed E-state index contributed by atoms with van der Waals surface area (Å²) in [6.45, 7) is 3.87. The number of aryl methyl sites for hydroxylation is 2. The number of anilines is 3. The Hall–Kier alpha value is -4.74. The Labute approximate surface area is 245 Å². The number of alkyl halides is 3. The van der Waals surface area contributed by atoms with Crippen molar-refractivity contribution in [2.75, 3.05) is 15.5 Å². The van der Waals surface area contributed by atoms with E-state index >= 15 is 0 Å². The molecule has 0 bridgehead atoms. The van der Waals surface area contributed by atoms with E-state index in [4.69, 9.17) is 4.98 Å². The van der Waals surface area contributed by atoms with Gasteiger partial charge < -0.3 is 20.1 Å². The van der Waals surface area contributed by atoms with Crippen molar-refractivity contribution in [3.63, 3.8) is 0 Å². The fourth-order valence-corrected chi connectivity index (χ4v) is 5.59. The summed E-state index contributed by atoms with van der Waals surface area (Å²) >= 11 is 0. The molecule has 2 N–H and O–H groups in total. The highest BCUT2D eigenvalue weighted by molar-refractivity contribution is 6.07. The van der Waals surface area contributed by atoms with Gasteiger partial charge in [0.15, 0.2) is 0 Å². The van der Waals surface area contributed by atoms with Gasteiger partial charge in [-0.25, -0.2) is 15.0 Å². The Morgan fingerprint density at radius 2 is 1.86 bits per heavy atom. The maximum absolute atomic E-state index is 13.9. The van der Waals surface area contributed by atoms with Crippen LogP contribution in [-0.4, -0.2) is 37.4 Å². The quantitative estimate of drug-likeness (QED) is 0.300. The molecule has 2 aliphatic carbocycles. The SMILES string of the molecule is Cc1cn(-c2cc(C(=O)Nc3ccc(C)c(N4Cc5cnc(NC6CC6)nc5C5(CC5)C4=O)c3)cc(C(F)(F)F)c2)cn1. The number of rotatable bonds is 6. The van der Waals surface area contributed by atoms with Gasteiger partial charge in [0.25, 0.3) is 5.91 Å². The first-order chi connectivity index (χ1) is 20.5. The van der Waals surface area contributed by atoms with Crippen molar-refractivity contribution in [2.24, 2.45) is 0 Å². The first kappa shape index (κ1) is 27.1. The number of hydrogen-bond donors (Lipinski definition) is 2. The molecule has 9 nitrogen and oxygen atoms in total. The lowest BCUT2D eigenvalue weighted by Crippen LogP contribution is -2.45. The highest BCUT2D eigenvalue weighted by atomic mass is 19.4. The molecule has 3 aliphatic rings. The second-order valence-electron chi connectivity index (χ2n) is 11.6. The van der Waals surface area contributed by atoms with Crippen molar-refractivity contribution in [2.45, 2.75) is 63.7 Å². The summed E-state index contributed by atoms with van der Waals surface area (Å²) in [7, 11) is 0. The number of nitrogens with zero attached hydrogens (tertiary/aromatic N) is 5. The van der Waals surface area contributed by atoms with E-state index in [0.717, 1.165) is 41.8 Å². The Morgan fingerprint density at radius 1 is 1.07 bits per heavy atom. The Bertz CT molecular complexity index is 1790. The number of amides is 2. The summed E-state index contributed by atoms with van der Waals surface area (Å²) in [6, 6.07) is 8.70. The number of benzene rings is 2. The number of carbonyl (C=O) groups is 2. The Morgan fingerprint density at radius 3 is 2.53 bits per heavy atom. The summed E-state index contributed by atoms with van der Waals surface area (Å²) < 4.78 is 42.7. The molecule has 43 heavy (non-hydrogen) atoms. The van der Waals surface area contributed by atoms with Gasteiger partial charge in [0, 0.05) is 46.6 Å². The van der Waals surface area contributed by atoms with Crippen LogP contribution in [0.5, 0.6) is 0 Å². The van der Waals surface area contributed by atoms with Crippen LogP contribution in [0, 0.1) is 13.8 Å². The van der Waals surface area contributed by atoms with Crippen LogP contribution in [0.2, 0.25) is 0 Å². The van der Waals surface area contributed by atoms with E-state index in [9.17, 15) is 22.8 Å². The molecule has 2 saturated carbocycles. The number of carbonyl (C=O) groups excluding carboxylic acids is 2. The number of imidazole rings is 1. The van der Waals surface area contributed by atoms with Crippen molar-refractivity contribution in [3.05, 3.63) is 88.8 Å². The highest BCUT2D eigenvalue weighted by Gasteiger charge is 2.58. The third-order valence-corrected chi connectivity index (χ3v) is 8.24. The summed E-state index contributed by atoms with van der Waals surface area (Å²) in [4.78, 5) is 42.2. The van der Waals surface area contributed by atoms with Gasteiger partial charge in [-0.2, -0.15) is 13.2 Å². The summed E-state index contributed by atoms with van der Waals surface area (Å²) in [5.74, 6) is -0.214. The van der Waals surface area contributed by atoms with Crippen molar-refractivity contribution in [1.29, 1.82) is 0 Å². The molecule has 4 aromatic rings. The van der Waals surface area contributed by atoms with Gasteiger partial charge in [-0.05, 0) is 75.4 Å². The van der Waals surface area contributed by atoms with E-state index in [0.29, 0.717) is 41.9 Å². The van der Waals surface area contributed by atoms with Crippen LogP contribution in [0.1, 0.15) is 64.1 Å². The molecule has 7 rings (SSSR count). The highest BCUT2D eigenvalue weighted by Crippen LogP contribution is 2.53. The van der Waals surface area contributed by atoms with E-state index in [-0.39, 0.29) is 23.7 Å². The standard InChI is InChI=1S/C31H28F3N7O2/c1-17-3-4-23(37-27(42)19-9-21(31(32,33)34)11-24(10-19)40-14-18(2)36-16-40)12-25(17)41-15-20-13-35-29(38-22-5-6-22)39-26(20)30(7-8-30)28(41)43/h3-4,9-14,16,22H,5-8,15H2,1-2H3,(H,37,42)(H,35,38,39). The third kappa shape index (κ3) is 5.00. The molecule has 2 fully saturated rings. The molecule has 12 heteroatoms. The zero-order valence-corrected chi connectivity index (χ0v) is 23.5. The molecule has 2 aromatic carbocycles. The summed E-state index contributed by atoms with van der Waals surface area (Å²) in [6.07, 6.45) is 3.67. The van der Waals surface area contributed by atoms with E-state index in [2.05, 4.69) is 20.6 Å². The molecular weight excluding hydrogens is 559 g/mol. The number of hydrogen-bond acceptors (Lipinski definition) is 6. The van der Waals surface area contributed by atoms with Crippen molar-refractivity contribution in [3.8, 4) is 5.69 Å². The normalized spacial score (nSPS) is 17.1. The maximum Gasteiger partial charge on any atom is 0.416 e.